The van der Waals surface area contributed by atoms with Gasteiger partial charge in [-0.25, -0.2) is 0 Å². The fraction of sp³-hybridized carbons (Fsp3) is 0.652. The summed E-state index contributed by atoms with van der Waals surface area (Å²) in [6.45, 7) is 2.65. The SMILES string of the molecule is COc1ccc(C)cc1CCNC(=O)CNC(=O)C12CC3CC(CC(C3)C1)C2. The molecule has 0 heterocycles. The second-order valence-electron chi connectivity index (χ2n) is 9.30. The number of methoxy groups -OCH3 is 1. The molecule has 5 nitrogen and oxygen atoms in total. The van der Waals surface area contributed by atoms with E-state index in [1.54, 1.807) is 7.11 Å². The molecule has 4 aliphatic carbocycles. The van der Waals surface area contributed by atoms with Gasteiger partial charge in [-0.05, 0) is 81.3 Å². The van der Waals surface area contributed by atoms with Gasteiger partial charge in [-0.3, -0.25) is 9.59 Å². The highest BCUT2D eigenvalue weighted by Crippen LogP contribution is 2.60. The molecule has 2 N–H and O–H groups in total. The first-order chi connectivity index (χ1) is 13.5. The van der Waals surface area contributed by atoms with E-state index < -0.39 is 0 Å². The van der Waals surface area contributed by atoms with E-state index in [9.17, 15) is 9.59 Å². The third-order valence-corrected chi connectivity index (χ3v) is 7.08. The molecule has 0 unspecified atom stereocenters. The van der Waals surface area contributed by atoms with Gasteiger partial charge >= 0.3 is 0 Å². The van der Waals surface area contributed by atoms with Crippen LogP contribution in [0.1, 0.15) is 49.7 Å². The first-order valence-electron chi connectivity index (χ1n) is 10.7. The van der Waals surface area contributed by atoms with Crippen molar-refractivity contribution in [2.24, 2.45) is 23.2 Å². The molecule has 0 atom stereocenters. The van der Waals surface area contributed by atoms with Gasteiger partial charge in [0, 0.05) is 12.0 Å². The monoisotopic (exact) mass is 384 g/mol. The van der Waals surface area contributed by atoms with Crippen molar-refractivity contribution in [2.45, 2.75) is 51.9 Å². The molecule has 4 fully saturated rings. The second-order valence-corrected chi connectivity index (χ2v) is 9.30. The average Bonchev–Trinajstić information content (AvgIpc) is 2.65. The fourth-order valence-electron chi connectivity index (χ4n) is 6.24. The number of nitrogens with one attached hydrogen (secondary N) is 2. The van der Waals surface area contributed by atoms with Crippen LogP contribution in [-0.2, 0) is 16.0 Å². The van der Waals surface area contributed by atoms with Gasteiger partial charge in [0.05, 0.1) is 13.7 Å². The van der Waals surface area contributed by atoms with E-state index in [2.05, 4.69) is 16.7 Å². The maximum atomic E-state index is 12.9. The molecule has 2 amide bonds. The lowest BCUT2D eigenvalue weighted by Crippen LogP contribution is -2.54. The van der Waals surface area contributed by atoms with Crippen molar-refractivity contribution in [3.63, 3.8) is 0 Å². The van der Waals surface area contributed by atoms with Gasteiger partial charge in [0.2, 0.25) is 11.8 Å². The maximum Gasteiger partial charge on any atom is 0.239 e. The van der Waals surface area contributed by atoms with E-state index in [-0.39, 0.29) is 23.8 Å². The number of amides is 2. The Balaban J connectivity index is 1.24. The van der Waals surface area contributed by atoms with Gasteiger partial charge in [-0.2, -0.15) is 0 Å². The summed E-state index contributed by atoms with van der Waals surface area (Å²) in [7, 11) is 1.66. The summed E-state index contributed by atoms with van der Waals surface area (Å²) in [5, 5.41) is 5.87. The molecule has 1 aromatic rings. The van der Waals surface area contributed by atoms with Crippen molar-refractivity contribution >= 4 is 11.8 Å². The second kappa shape index (κ2) is 7.76. The van der Waals surface area contributed by atoms with Crippen LogP contribution in [0.15, 0.2) is 18.2 Å². The number of aryl methyl sites for hydroxylation is 1. The van der Waals surface area contributed by atoms with E-state index in [0.29, 0.717) is 13.0 Å². The number of hydrogen-bond acceptors (Lipinski definition) is 3. The fourth-order valence-corrected chi connectivity index (χ4v) is 6.24. The minimum atomic E-state index is -0.191. The maximum absolute atomic E-state index is 12.9. The Labute approximate surface area is 167 Å². The standard InChI is InChI=1S/C23H32N2O3/c1-15-3-4-20(28-2)19(7-15)5-6-24-21(26)14-25-22(27)23-11-16-8-17(12-23)10-18(9-16)13-23/h3-4,7,16-18H,5-6,8-14H2,1-2H3,(H,24,26)(H,25,27). The topological polar surface area (TPSA) is 67.4 Å². The van der Waals surface area contributed by atoms with E-state index in [4.69, 9.17) is 4.74 Å². The minimum Gasteiger partial charge on any atom is -0.496 e. The number of rotatable bonds is 7. The van der Waals surface area contributed by atoms with Crippen LogP contribution >= 0.6 is 0 Å². The van der Waals surface area contributed by atoms with Crippen LogP contribution in [0.3, 0.4) is 0 Å². The molecule has 4 bridgehead atoms. The Hall–Kier alpha value is -2.04. The summed E-state index contributed by atoms with van der Waals surface area (Å²) in [5.74, 6) is 3.03. The third-order valence-electron chi connectivity index (χ3n) is 7.08. The van der Waals surface area contributed by atoms with Crippen LogP contribution in [0.5, 0.6) is 5.75 Å². The summed E-state index contributed by atoms with van der Waals surface area (Å²) < 4.78 is 5.38. The third kappa shape index (κ3) is 3.89. The Kier molecular flexibility index (Phi) is 5.35. The number of hydrogen-bond donors (Lipinski definition) is 2. The van der Waals surface area contributed by atoms with Crippen molar-refractivity contribution in [2.75, 3.05) is 20.2 Å². The van der Waals surface area contributed by atoms with E-state index >= 15 is 0 Å². The molecule has 0 aromatic heterocycles. The van der Waals surface area contributed by atoms with Crippen LogP contribution in [0.2, 0.25) is 0 Å². The number of ether oxygens (including phenoxy) is 1. The Morgan fingerprint density at radius 3 is 2.32 bits per heavy atom. The van der Waals surface area contributed by atoms with Crippen LogP contribution in [0, 0.1) is 30.1 Å². The molecule has 152 valence electrons. The summed E-state index contributed by atoms with van der Waals surface area (Å²) in [4.78, 5) is 25.1. The van der Waals surface area contributed by atoms with Crippen molar-refractivity contribution in [3.05, 3.63) is 29.3 Å². The molecule has 1 aromatic carbocycles. The Bertz CT molecular complexity index is 723. The minimum absolute atomic E-state index is 0.0749. The lowest BCUT2D eigenvalue weighted by Gasteiger charge is -2.55. The number of carbonyl (C=O) groups is 2. The van der Waals surface area contributed by atoms with Gasteiger partial charge in [0.15, 0.2) is 0 Å². The molecular formula is C23H32N2O3. The van der Waals surface area contributed by atoms with Crippen LogP contribution in [-0.4, -0.2) is 32.0 Å². The summed E-state index contributed by atoms with van der Waals surface area (Å²) in [6, 6.07) is 6.05. The van der Waals surface area contributed by atoms with Crippen molar-refractivity contribution in [3.8, 4) is 5.75 Å². The average molecular weight is 385 g/mol. The first kappa shape index (κ1) is 19.3. The molecule has 0 radical (unpaired) electrons. The molecule has 5 heteroatoms. The number of benzene rings is 1. The zero-order chi connectivity index (χ0) is 19.7. The largest absolute Gasteiger partial charge is 0.496 e. The first-order valence-corrected chi connectivity index (χ1v) is 10.7. The van der Waals surface area contributed by atoms with E-state index in [1.807, 2.05) is 19.1 Å². The molecule has 0 saturated heterocycles. The van der Waals surface area contributed by atoms with Crippen LogP contribution in [0.4, 0.5) is 0 Å². The molecule has 0 aliphatic heterocycles. The summed E-state index contributed by atoms with van der Waals surface area (Å²) in [5.41, 5.74) is 2.06. The van der Waals surface area contributed by atoms with Gasteiger partial charge in [-0.1, -0.05) is 17.7 Å². The normalized spacial score (nSPS) is 30.1. The molecule has 4 aliphatic rings. The highest BCUT2D eigenvalue weighted by atomic mass is 16.5. The predicted octanol–water partition coefficient (Wildman–Crippen LogP) is 2.99. The Morgan fingerprint density at radius 1 is 1.07 bits per heavy atom. The van der Waals surface area contributed by atoms with Gasteiger partial charge in [-0.15, -0.1) is 0 Å². The van der Waals surface area contributed by atoms with Gasteiger partial charge in [0.25, 0.3) is 0 Å². The molecule has 4 saturated carbocycles. The van der Waals surface area contributed by atoms with Crippen LogP contribution in [0.25, 0.3) is 0 Å². The molecule has 5 rings (SSSR count). The highest BCUT2D eigenvalue weighted by molar-refractivity contribution is 5.88. The van der Waals surface area contributed by atoms with Crippen LogP contribution < -0.4 is 15.4 Å². The molecule has 28 heavy (non-hydrogen) atoms. The number of carbonyl (C=O) groups excluding carboxylic acids is 2. The summed E-state index contributed by atoms with van der Waals surface area (Å²) in [6.07, 6.45) is 7.73. The molecule has 0 spiro atoms. The van der Waals surface area contributed by atoms with Gasteiger partial charge < -0.3 is 15.4 Å². The zero-order valence-corrected chi connectivity index (χ0v) is 17.1. The Morgan fingerprint density at radius 2 is 1.71 bits per heavy atom. The molecular weight excluding hydrogens is 352 g/mol. The van der Waals surface area contributed by atoms with Crippen molar-refractivity contribution in [1.82, 2.24) is 10.6 Å². The van der Waals surface area contributed by atoms with E-state index in [0.717, 1.165) is 48.3 Å². The zero-order valence-electron chi connectivity index (χ0n) is 17.1. The lowest BCUT2D eigenvalue weighted by molar-refractivity contribution is -0.147. The summed E-state index contributed by atoms with van der Waals surface area (Å²) >= 11 is 0. The van der Waals surface area contributed by atoms with Gasteiger partial charge in [0.1, 0.15) is 5.75 Å². The predicted molar refractivity (Wildman–Crippen MR) is 108 cm³/mol. The smallest absolute Gasteiger partial charge is 0.239 e. The van der Waals surface area contributed by atoms with Crippen molar-refractivity contribution < 1.29 is 14.3 Å². The van der Waals surface area contributed by atoms with Crippen molar-refractivity contribution in [1.29, 1.82) is 0 Å². The highest BCUT2D eigenvalue weighted by Gasteiger charge is 2.54. The van der Waals surface area contributed by atoms with E-state index in [1.165, 1.54) is 24.8 Å². The quantitative estimate of drug-likeness (QED) is 0.759. The lowest BCUT2D eigenvalue weighted by atomic mass is 9.49.